The van der Waals surface area contributed by atoms with Crippen LogP contribution < -0.4 is 0 Å². The lowest BCUT2D eigenvalue weighted by Crippen LogP contribution is -2.42. The van der Waals surface area contributed by atoms with Crippen LogP contribution in [0.2, 0.25) is 0 Å². The van der Waals surface area contributed by atoms with E-state index in [1.54, 1.807) is 6.92 Å². The van der Waals surface area contributed by atoms with Gasteiger partial charge in [0.1, 0.15) is 17.2 Å². The van der Waals surface area contributed by atoms with Crippen LogP contribution in [-0.2, 0) is 30.8 Å². The Bertz CT molecular complexity index is 768. The van der Waals surface area contributed by atoms with Gasteiger partial charge in [0.2, 0.25) is 0 Å². The zero-order valence-electron chi connectivity index (χ0n) is 20.1. The second kappa shape index (κ2) is 10.1. The molecule has 6 heteroatoms. The van der Waals surface area contributed by atoms with Gasteiger partial charge in [-0.3, -0.25) is 4.79 Å². The number of phenolic OH excluding ortho intramolecular Hbond substituents is 1. The van der Waals surface area contributed by atoms with E-state index in [2.05, 4.69) is 34.6 Å². The maximum atomic E-state index is 12.4. The van der Waals surface area contributed by atoms with Gasteiger partial charge in [0.05, 0.1) is 13.2 Å². The van der Waals surface area contributed by atoms with Crippen molar-refractivity contribution in [1.29, 1.82) is 0 Å². The van der Waals surface area contributed by atoms with Gasteiger partial charge in [-0.05, 0) is 60.6 Å². The third-order valence-corrected chi connectivity index (χ3v) is 6.49. The van der Waals surface area contributed by atoms with Crippen molar-refractivity contribution < 1.29 is 24.1 Å². The van der Waals surface area contributed by atoms with Crippen molar-refractivity contribution >= 4 is 17.6 Å². The second-order valence-electron chi connectivity index (χ2n) is 10.4. The lowest BCUT2D eigenvalue weighted by Gasteiger charge is -2.31. The van der Waals surface area contributed by atoms with E-state index in [0.717, 1.165) is 29.5 Å². The number of alkyl halides is 1. The summed E-state index contributed by atoms with van der Waals surface area (Å²) in [5, 5.41) is 10.4. The zero-order chi connectivity index (χ0) is 23.4. The molecule has 1 aliphatic heterocycles. The number of ether oxygens (including phenoxy) is 3. The molecule has 3 unspecified atom stereocenters. The fraction of sp³-hybridized carbons (Fsp3) is 0.720. The molecule has 0 radical (unpaired) electrons. The Morgan fingerprint density at radius 2 is 1.97 bits per heavy atom. The standard InChI is InChI=1S/C25H39ClO5/c1-8-24(6)11-12-29-22(31-15-24)25(7,26)16-30-20(27)10-9-18-13-17(2)21(28)19(14-18)23(3,4)5/h13-14,22,28H,8-12,15-16H2,1-7H3. The first kappa shape index (κ1) is 26.0. The maximum Gasteiger partial charge on any atom is 0.306 e. The molecule has 3 atom stereocenters. The molecule has 1 saturated heterocycles. The molecule has 1 aromatic carbocycles. The SMILES string of the molecule is CCC1(C)CCOC(C(C)(Cl)COC(=O)CCc2cc(C)c(O)c(C(C)(C)C)c2)OC1. The van der Waals surface area contributed by atoms with Gasteiger partial charge in [-0.2, -0.15) is 0 Å². The van der Waals surface area contributed by atoms with Crippen LogP contribution in [0.3, 0.4) is 0 Å². The number of carbonyl (C=O) groups excluding carboxylic acids is 1. The Kier molecular flexibility index (Phi) is 8.45. The van der Waals surface area contributed by atoms with Gasteiger partial charge >= 0.3 is 5.97 Å². The molecule has 176 valence electrons. The topological polar surface area (TPSA) is 65.0 Å². The minimum absolute atomic E-state index is 0.0166. The summed E-state index contributed by atoms with van der Waals surface area (Å²) in [4.78, 5) is 11.4. The Balaban J connectivity index is 1.91. The van der Waals surface area contributed by atoms with Crippen molar-refractivity contribution in [2.24, 2.45) is 5.41 Å². The molecule has 0 saturated carbocycles. The number of halogens is 1. The summed E-state index contributed by atoms with van der Waals surface area (Å²) < 4.78 is 17.2. The predicted octanol–water partition coefficient (Wildman–Crippen LogP) is 5.65. The van der Waals surface area contributed by atoms with E-state index in [0.29, 0.717) is 25.4 Å². The highest BCUT2D eigenvalue weighted by Crippen LogP contribution is 2.35. The van der Waals surface area contributed by atoms with Gasteiger partial charge in [0, 0.05) is 6.42 Å². The summed E-state index contributed by atoms with van der Waals surface area (Å²) in [5.41, 5.74) is 2.59. The van der Waals surface area contributed by atoms with Crippen molar-refractivity contribution in [3.63, 3.8) is 0 Å². The fourth-order valence-electron chi connectivity index (χ4n) is 3.61. The molecule has 0 amide bonds. The average molecular weight is 455 g/mol. The number of hydrogen-bond donors (Lipinski definition) is 1. The molecular formula is C25H39ClO5. The van der Waals surface area contributed by atoms with Crippen LogP contribution in [0.15, 0.2) is 12.1 Å². The van der Waals surface area contributed by atoms with E-state index in [1.165, 1.54) is 0 Å². The van der Waals surface area contributed by atoms with E-state index in [-0.39, 0.29) is 29.8 Å². The third-order valence-electron chi connectivity index (χ3n) is 6.20. The molecule has 1 N–H and O–H groups in total. The number of esters is 1. The van der Waals surface area contributed by atoms with Crippen LogP contribution in [0.4, 0.5) is 0 Å². The minimum Gasteiger partial charge on any atom is -0.507 e. The van der Waals surface area contributed by atoms with Crippen molar-refractivity contribution in [1.82, 2.24) is 0 Å². The fourth-order valence-corrected chi connectivity index (χ4v) is 3.79. The van der Waals surface area contributed by atoms with Crippen LogP contribution in [0.5, 0.6) is 5.75 Å². The van der Waals surface area contributed by atoms with E-state index < -0.39 is 11.2 Å². The number of aryl methyl sites for hydroxylation is 2. The zero-order valence-corrected chi connectivity index (χ0v) is 20.9. The van der Waals surface area contributed by atoms with Crippen LogP contribution in [0.1, 0.15) is 77.5 Å². The average Bonchev–Trinajstić information content (AvgIpc) is 2.89. The number of hydrogen-bond acceptors (Lipinski definition) is 5. The lowest BCUT2D eigenvalue weighted by atomic mass is 9.83. The van der Waals surface area contributed by atoms with Crippen LogP contribution in [-0.4, -0.2) is 42.1 Å². The summed E-state index contributed by atoms with van der Waals surface area (Å²) in [7, 11) is 0. The second-order valence-corrected chi connectivity index (χ2v) is 11.3. The van der Waals surface area contributed by atoms with Crippen molar-refractivity contribution in [2.75, 3.05) is 19.8 Å². The summed E-state index contributed by atoms with van der Waals surface area (Å²) in [6, 6.07) is 3.89. The molecular weight excluding hydrogens is 416 g/mol. The van der Waals surface area contributed by atoms with E-state index in [4.69, 9.17) is 25.8 Å². The van der Waals surface area contributed by atoms with E-state index in [9.17, 15) is 9.90 Å². The first-order valence-corrected chi connectivity index (χ1v) is 11.6. The lowest BCUT2D eigenvalue weighted by molar-refractivity contribution is -0.168. The van der Waals surface area contributed by atoms with E-state index >= 15 is 0 Å². The normalized spacial score (nSPS) is 24.3. The van der Waals surface area contributed by atoms with Crippen LogP contribution in [0, 0.1) is 12.3 Å². The van der Waals surface area contributed by atoms with Gasteiger partial charge in [-0.1, -0.05) is 46.8 Å². The molecule has 2 rings (SSSR count). The Labute approximate surface area is 192 Å². The van der Waals surface area contributed by atoms with Crippen LogP contribution >= 0.6 is 11.6 Å². The van der Waals surface area contributed by atoms with E-state index in [1.807, 2.05) is 19.1 Å². The maximum absolute atomic E-state index is 12.4. The minimum atomic E-state index is -0.955. The summed E-state index contributed by atoms with van der Waals surface area (Å²) >= 11 is 6.64. The molecule has 1 heterocycles. The quantitative estimate of drug-likeness (QED) is 0.426. The number of rotatable bonds is 7. The van der Waals surface area contributed by atoms with Crippen molar-refractivity contribution in [2.45, 2.75) is 90.7 Å². The third kappa shape index (κ3) is 7.10. The highest BCUT2D eigenvalue weighted by molar-refractivity contribution is 6.24. The molecule has 5 nitrogen and oxygen atoms in total. The van der Waals surface area contributed by atoms with Crippen LogP contribution in [0.25, 0.3) is 0 Å². The number of benzene rings is 1. The largest absolute Gasteiger partial charge is 0.507 e. The van der Waals surface area contributed by atoms with Gasteiger partial charge in [0.15, 0.2) is 6.29 Å². The Morgan fingerprint density at radius 1 is 1.29 bits per heavy atom. The predicted molar refractivity (Wildman–Crippen MR) is 124 cm³/mol. The summed E-state index contributed by atoms with van der Waals surface area (Å²) in [6.45, 7) is 15.3. The first-order chi connectivity index (χ1) is 14.3. The summed E-state index contributed by atoms with van der Waals surface area (Å²) in [6.07, 6.45) is 2.07. The van der Waals surface area contributed by atoms with Gasteiger partial charge < -0.3 is 19.3 Å². The molecule has 31 heavy (non-hydrogen) atoms. The Morgan fingerprint density at radius 3 is 2.58 bits per heavy atom. The first-order valence-electron chi connectivity index (χ1n) is 11.2. The molecule has 1 aromatic rings. The smallest absolute Gasteiger partial charge is 0.306 e. The van der Waals surface area contributed by atoms with Gasteiger partial charge in [0.25, 0.3) is 0 Å². The molecule has 1 aliphatic rings. The van der Waals surface area contributed by atoms with Gasteiger partial charge in [-0.15, -0.1) is 11.6 Å². The molecule has 0 aliphatic carbocycles. The molecule has 0 aromatic heterocycles. The number of aromatic hydroxyl groups is 1. The number of phenols is 1. The van der Waals surface area contributed by atoms with Crippen molar-refractivity contribution in [3.05, 3.63) is 28.8 Å². The highest BCUT2D eigenvalue weighted by Gasteiger charge is 2.39. The number of carbonyl (C=O) groups is 1. The van der Waals surface area contributed by atoms with Crippen molar-refractivity contribution in [3.8, 4) is 5.75 Å². The molecule has 0 bridgehead atoms. The summed E-state index contributed by atoms with van der Waals surface area (Å²) in [5.74, 6) is 0.00114. The molecule has 0 spiro atoms. The monoisotopic (exact) mass is 454 g/mol. The highest BCUT2D eigenvalue weighted by atomic mass is 35.5. The Hall–Kier alpha value is -1.30. The molecule has 1 fully saturated rings. The van der Waals surface area contributed by atoms with Gasteiger partial charge in [-0.25, -0.2) is 0 Å².